The van der Waals surface area contributed by atoms with Gasteiger partial charge in [0.05, 0.1) is 11.5 Å². The lowest BCUT2D eigenvalue weighted by Gasteiger charge is -2.35. The molecule has 3 amide bonds. The fraction of sp³-hybridized carbons (Fsp3) is 0.333. The van der Waals surface area contributed by atoms with Crippen molar-refractivity contribution in [3.8, 4) is 0 Å². The molecule has 2 aliphatic heterocycles. The molecule has 0 radical (unpaired) electrons. The number of anilines is 2. The van der Waals surface area contributed by atoms with Crippen molar-refractivity contribution in [2.45, 2.75) is 19.5 Å². The summed E-state index contributed by atoms with van der Waals surface area (Å²) < 4.78 is 0. The Morgan fingerprint density at radius 3 is 2.52 bits per heavy atom. The van der Waals surface area contributed by atoms with Crippen LogP contribution in [0.4, 0.5) is 11.5 Å². The van der Waals surface area contributed by atoms with Crippen LogP contribution in [0.3, 0.4) is 0 Å². The zero-order valence-corrected chi connectivity index (χ0v) is 16.6. The smallest absolute Gasteiger partial charge is 0.256 e. The number of aryl methyl sites for hydroxylation is 1. The number of pyridine rings is 1. The molecule has 1 aromatic heterocycles. The van der Waals surface area contributed by atoms with Crippen molar-refractivity contribution in [2.24, 2.45) is 5.92 Å². The molecule has 1 fully saturated rings. The van der Waals surface area contributed by atoms with Crippen molar-refractivity contribution < 1.29 is 14.4 Å². The molecule has 1 saturated heterocycles. The van der Waals surface area contributed by atoms with Gasteiger partial charge >= 0.3 is 0 Å². The van der Waals surface area contributed by atoms with Crippen molar-refractivity contribution in [2.75, 3.05) is 30.9 Å². The zero-order chi connectivity index (χ0) is 20.7. The van der Waals surface area contributed by atoms with E-state index < -0.39 is 0 Å². The standard InChI is InChI=1S/C21H23N5O3/c1-12-4-9-16-19(22-12)26(3)18(24-21(16)29)13-5-7-15(8-6-13)23-20(28)14-10-17(27)25(2)11-14/h4-9,14,18H,10-11H2,1-3H3,(H,23,28)(H,24,29)/t14-,18-/m1/s1. The van der Waals surface area contributed by atoms with E-state index in [0.717, 1.165) is 11.3 Å². The lowest BCUT2D eigenvalue weighted by atomic mass is 10.1. The minimum absolute atomic E-state index is 0.0132. The number of rotatable bonds is 3. The summed E-state index contributed by atoms with van der Waals surface area (Å²) in [7, 11) is 3.59. The van der Waals surface area contributed by atoms with Gasteiger partial charge in [-0.3, -0.25) is 14.4 Å². The summed E-state index contributed by atoms with van der Waals surface area (Å²) in [6.07, 6.45) is -0.110. The van der Waals surface area contributed by atoms with Crippen LogP contribution >= 0.6 is 0 Å². The van der Waals surface area contributed by atoms with Crippen LogP contribution in [-0.2, 0) is 9.59 Å². The van der Waals surface area contributed by atoms with E-state index in [4.69, 9.17) is 0 Å². The Morgan fingerprint density at radius 2 is 1.86 bits per heavy atom. The molecule has 1 aromatic carbocycles. The first-order chi connectivity index (χ1) is 13.8. The fourth-order valence-electron chi connectivity index (χ4n) is 3.75. The predicted octanol–water partition coefficient (Wildman–Crippen LogP) is 1.69. The second-order valence-electron chi connectivity index (χ2n) is 7.60. The van der Waals surface area contributed by atoms with Gasteiger partial charge in [0.2, 0.25) is 11.8 Å². The summed E-state index contributed by atoms with van der Waals surface area (Å²) in [4.78, 5) is 44.5. The number of fused-ring (bicyclic) bond motifs is 1. The van der Waals surface area contributed by atoms with E-state index >= 15 is 0 Å². The molecule has 0 saturated carbocycles. The quantitative estimate of drug-likeness (QED) is 0.828. The lowest BCUT2D eigenvalue weighted by Crippen LogP contribution is -2.45. The van der Waals surface area contributed by atoms with E-state index in [0.29, 0.717) is 23.6 Å². The molecule has 0 aliphatic carbocycles. The number of nitrogens with zero attached hydrogens (tertiary/aromatic N) is 3. The SMILES string of the molecule is Cc1ccc2c(n1)N(C)[C@H](c1ccc(NC(=O)[C@@H]3CC(=O)N(C)C3)cc1)NC2=O. The van der Waals surface area contributed by atoms with E-state index in [9.17, 15) is 14.4 Å². The zero-order valence-electron chi connectivity index (χ0n) is 16.6. The van der Waals surface area contributed by atoms with Gasteiger partial charge in [0.1, 0.15) is 12.0 Å². The first kappa shape index (κ1) is 18.9. The minimum Gasteiger partial charge on any atom is -0.345 e. The molecular formula is C21H23N5O3. The van der Waals surface area contributed by atoms with E-state index in [2.05, 4.69) is 15.6 Å². The monoisotopic (exact) mass is 393 g/mol. The van der Waals surface area contributed by atoms with E-state index in [1.807, 2.05) is 37.1 Å². The van der Waals surface area contributed by atoms with E-state index in [1.54, 1.807) is 30.1 Å². The maximum absolute atomic E-state index is 12.5. The molecule has 2 aromatic rings. The molecular weight excluding hydrogens is 370 g/mol. The van der Waals surface area contributed by atoms with Crippen LogP contribution in [-0.4, -0.2) is 48.2 Å². The van der Waals surface area contributed by atoms with Crippen LogP contribution in [0.15, 0.2) is 36.4 Å². The van der Waals surface area contributed by atoms with Gasteiger partial charge in [0.25, 0.3) is 5.91 Å². The normalized spacial score (nSPS) is 21.1. The molecule has 150 valence electrons. The van der Waals surface area contributed by atoms with Crippen molar-refractivity contribution in [3.63, 3.8) is 0 Å². The second-order valence-corrected chi connectivity index (χ2v) is 7.60. The highest BCUT2D eigenvalue weighted by Gasteiger charge is 2.33. The van der Waals surface area contributed by atoms with Gasteiger partial charge in [-0.1, -0.05) is 12.1 Å². The molecule has 2 N–H and O–H groups in total. The van der Waals surface area contributed by atoms with Crippen LogP contribution < -0.4 is 15.5 Å². The topological polar surface area (TPSA) is 94.6 Å². The summed E-state index contributed by atoms with van der Waals surface area (Å²) in [5.74, 6) is -0.0243. The average molecular weight is 393 g/mol. The summed E-state index contributed by atoms with van der Waals surface area (Å²) in [6.45, 7) is 2.33. The van der Waals surface area contributed by atoms with Crippen molar-refractivity contribution >= 4 is 29.2 Å². The molecule has 4 rings (SSSR count). The molecule has 29 heavy (non-hydrogen) atoms. The Kier molecular flexibility index (Phi) is 4.70. The van der Waals surface area contributed by atoms with Gasteiger partial charge in [-0.15, -0.1) is 0 Å². The molecule has 0 unspecified atom stereocenters. The van der Waals surface area contributed by atoms with Gasteiger partial charge in [-0.05, 0) is 36.8 Å². The van der Waals surface area contributed by atoms with Gasteiger partial charge < -0.3 is 20.4 Å². The van der Waals surface area contributed by atoms with Crippen LogP contribution in [0, 0.1) is 12.8 Å². The Hall–Kier alpha value is -3.42. The summed E-state index contributed by atoms with van der Waals surface area (Å²) in [5, 5.41) is 5.86. The van der Waals surface area contributed by atoms with Crippen molar-refractivity contribution in [3.05, 3.63) is 53.2 Å². The number of likely N-dealkylation sites (tertiary alicyclic amines) is 1. The average Bonchev–Trinajstić information content (AvgIpc) is 3.04. The number of benzene rings is 1. The Bertz CT molecular complexity index is 988. The largest absolute Gasteiger partial charge is 0.345 e. The third kappa shape index (κ3) is 3.53. The maximum atomic E-state index is 12.5. The second kappa shape index (κ2) is 7.20. The van der Waals surface area contributed by atoms with Gasteiger partial charge in [0, 0.05) is 38.4 Å². The molecule has 8 heteroatoms. The molecule has 2 atom stereocenters. The molecule has 3 heterocycles. The number of aromatic nitrogens is 1. The Balaban J connectivity index is 1.49. The Labute approximate surface area is 168 Å². The highest BCUT2D eigenvalue weighted by Crippen LogP contribution is 2.31. The van der Waals surface area contributed by atoms with Gasteiger partial charge in [0.15, 0.2) is 0 Å². The fourth-order valence-corrected chi connectivity index (χ4v) is 3.75. The van der Waals surface area contributed by atoms with Crippen LogP contribution in [0.2, 0.25) is 0 Å². The maximum Gasteiger partial charge on any atom is 0.256 e. The molecule has 2 aliphatic rings. The molecule has 0 bridgehead atoms. The van der Waals surface area contributed by atoms with Crippen molar-refractivity contribution in [1.29, 1.82) is 0 Å². The highest BCUT2D eigenvalue weighted by atomic mass is 16.2. The van der Waals surface area contributed by atoms with Gasteiger partial charge in [-0.25, -0.2) is 4.98 Å². The summed E-state index contributed by atoms with van der Waals surface area (Å²) in [5.41, 5.74) is 2.93. The number of hydrogen-bond donors (Lipinski definition) is 2. The third-order valence-electron chi connectivity index (χ3n) is 5.45. The van der Waals surface area contributed by atoms with E-state index in [-0.39, 0.29) is 36.2 Å². The van der Waals surface area contributed by atoms with E-state index in [1.165, 1.54) is 0 Å². The lowest BCUT2D eigenvalue weighted by molar-refractivity contribution is -0.127. The number of nitrogens with one attached hydrogen (secondary N) is 2. The van der Waals surface area contributed by atoms with Crippen LogP contribution in [0.25, 0.3) is 0 Å². The summed E-state index contributed by atoms with van der Waals surface area (Å²) >= 11 is 0. The summed E-state index contributed by atoms with van der Waals surface area (Å²) in [6, 6.07) is 10.9. The minimum atomic E-state index is -0.352. The Morgan fingerprint density at radius 1 is 1.14 bits per heavy atom. The van der Waals surface area contributed by atoms with Crippen LogP contribution in [0.1, 0.15) is 34.2 Å². The first-order valence-corrected chi connectivity index (χ1v) is 9.49. The highest BCUT2D eigenvalue weighted by molar-refractivity contribution is 6.01. The van der Waals surface area contributed by atoms with Gasteiger partial charge in [-0.2, -0.15) is 0 Å². The number of carbonyl (C=O) groups excluding carboxylic acids is 3. The number of amides is 3. The molecule has 8 nitrogen and oxygen atoms in total. The number of hydrogen-bond acceptors (Lipinski definition) is 5. The first-order valence-electron chi connectivity index (χ1n) is 9.49. The van der Waals surface area contributed by atoms with Crippen molar-refractivity contribution in [1.82, 2.24) is 15.2 Å². The predicted molar refractivity (Wildman–Crippen MR) is 108 cm³/mol. The third-order valence-corrected chi connectivity index (χ3v) is 5.45. The number of carbonyl (C=O) groups is 3. The molecule has 0 spiro atoms. The van der Waals surface area contributed by atoms with Crippen LogP contribution in [0.5, 0.6) is 0 Å².